The number of benzene rings is 2. The molecule has 2 aromatic rings. The van der Waals surface area contributed by atoms with Gasteiger partial charge in [-0.3, -0.25) is 0 Å². The Morgan fingerprint density at radius 1 is 1.00 bits per heavy atom. The molecule has 0 bridgehead atoms. The van der Waals surface area contributed by atoms with Crippen molar-refractivity contribution in [1.82, 2.24) is 10.6 Å². The summed E-state index contributed by atoms with van der Waals surface area (Å²) in [5, 5.41) is 15.3. The molecule has 2 rings (SSSR count). The predicted octanol–water partition coefficient (Wildman–Crippen LogP) is 2.87. The van der Waals surface area contributed by atoms with Crippen LogP contribution in [0.1, 0.15) is 16.7 Å². The Hall–Kier alpha value is -2.04. The van der Waals surface area contributed by atoms with Gasteiger partial charge in [0.15, 0.2) is 0 Å². The molecule has 0 saturated carbocycles. The minimum atomic E-state index is -0.201. The van der Waals surface area contributed by atoms with Crippen molar-refractivity contribution in [2.45, 2.75) is 19.6 Å². The molecule has 0 aromatic heterocycles. The van der Waals surface area contributed by atoms with Gasteiger partial charge < -0.3 is 15.7 Å². The molecule has 0 aliphatic carbocycles. The number of halogens is 1. The summed E-state index contributed by atoms with van der Waals surface area (Å²) in [6.45, 7) is 1.03. The van der Waals surface area contributed by atoms with Crippen LogP contribution in [0.5, 0.6) is 0 Å². The minimum absolute atomic E-state index is 0.0255. The van der Waals surface area contributed by atoms with Crippen LogP contribution in [0.4, 0.5) is 4.79 Å². The molecule has 4 nitrogen and oxygen atoms in total. The molecular formula is C17H19ClN2O2. The lowest BCUT2D eigenvalue weighted by Gasteiger charge is -2.08. The highest BCUT2D eigenvalue weighted by Crippen LogP contribution is 2.10. The van der Waals surface area contributed by atoms with E-state index in [1.807, 2.05) is 48.5 Å². The normalized spacial score (nSPS) is 10.3. The van der Waals surface area contributed by atoms with Gasteiger partial charge in [0.1, 0.15) is 0 Å². The molecule has 0 aliphatic rings. The average molecular weight is 319 g/mol. The predicted molar refractivity (Wildman–Crippen MR) is 87.8 cm³/mol. The van der Waals surface area contributed by atoms with Crippen molar-refractivity contribution in [2.24, 2.45) is 0 Å². The zero-order chi connectivity index (χ0) is 15.8. The highest BCUT2D eigenvalue weighted by molar-refractivity contribution is 6.30. The van der Waals surface area contributed by atoms with Crippen LogP contribution >= 0.6 is 11.6 Å². The molecule has 0 saturated heterocycles. The van der Waals surface area contributed by atoms with Crippen LogP contribution in [0, 0.1) is 0 Å². The third-order valence-corrected chi connectivity index (χ3v) is 3.48. The molecule has 2 aromatic carbocycles. The summed E-state index contributed by atoms with van der Waals surface area (Å²) in [6.07, 6.45) is 0.735. The fraction of sp³-hybridized carbons (Fsp3) is 0.235. The molecule has 0 heterocycles. The van der Waals surface area contributed by atoms with Gasteiger partial charge in [-0.05, 0) is 35.2 Å². The summed E-state index contributed by atoms with van der Waals surface area (Å²) in [6, 6.07) is 14.9. The van der Waals surface area contributed by atoms with E-state index < -0.39 is 0 Å². The Bertz CT molecular complexity index is 614. The van der Waals surface area contributed by atoms with E-state index >= 15 is 0 Å². The van der Waals surface area contributed by atoms with Crippen molar-refractivity contribution in [1.29, 1.82) is 0 Å². The highest BCUT2D eigenvalue weighted by atomic mass is 35.5. The van der Waals surface area contributed by atoms with Gasteiger partial charge in [0, 0.05) is 18.1 Å². The van der Waals surface area contributed by atoms with E-state index in [4.69, 9.17) is 16.7 Å². The molecule has 0 unspecified atom stereocenters. The summed E-state index contributed by atoms with van der Waals surface area (Å²) in [5.41, 5.74) is 2.93. The number of nitrogens with one attached hydrogen (secondary N) is 2. The SMILES string of the molecule is O=C(NCCc1cccc(Cl)c1)NCc1ccc(CO)cc1. The summed E-state index contributed by atoms with van der Waals surface area (Å²) in [4.78, 5) is 11.7. The molecule has 0 aliphatic heterocycles. The van der Waals surface area contributed by atoms with Crippen molar-refractivity contribution in [3.63, 3.8) is 0 Å². The zero-order valence-electron chi connectivity index (χ0n) is 12.2. The third kappa shape index (κ3) is 5.39. The summed E-state index contributed by atoms with van der Waals surface area (Å²) >= 11 is 5.91. The second-order valence-electron chi connectivity index (χ2n) is 4.96. The van der Waals surface area contributed by atoms with E-state index in [0.29, 0.717) is 18.1 Å². The van der Waals surface area contributed by atoms with Gasteiger partial charge in [-0.1, -0.05) is 48.0 Å². The summed E-state index contributed by atoms with van der Waals surface area (Å²) in [5.74, 6) is 0. The number of aliphatic hydroxyl groups excluding tert-OH is 1. The van der Waals surface area contributed by atoms with Gasteiger partial charge in [0.2, 0.25) is 0 Å². The van der Waals surface area contributed by atoms with Crippen LogP contribution < -0.4 is 10.6 Å². The fourth-order valence-electron chi connectivity index (χ4n) is 2.02. The monoisotopic (exact) mass is 318 g/mol. The summed E-state index contributed by atoms with van der Waals surface area (Å²) in [7, 11) is 0. The van der Waals surface area contributed by atoms with Crippen molar-refractivity contribution >= 4 is 17.6 Å². The number of hydrogen-bond acceptors (Lipinski definition) is 2. The Morgan fingerprint density at radius 3 is 2.41 bits per heavy atom. The number of urea groups is 1. The summed E-state index contributed by atoms with van der Waals surface area (Å²) < 4.78 is 0. The number of hydrogen-bond donors (Lipinski definition) is 3. The van der Waals surface area contributed by atoms with Crippen molar-refractivity contribution < 1.29 is 9.90 Å². The standard InChI is InChI=1S/C17H19ClN2O2/c18-16-3-1-2-13(10-16)8-9-19-17(22)20-11-14-4-6-15(12-21)7-5-14/h1-7,10,21H,8-9,11-12H2,(H2,19,20,22). The van der Waals surface area contributed by atoms with Gasteiger partial charge in [-0.2, -0.15) is 0 Å². The lowest BCUT2D eigenvalue weighted by atomic mass is 10.1. The van der Waals surface area contributed by atoms with Gasteiger partial charge >= 0.3 is 6.03 Å². The maximum atomic E-state index is 11.7. The zero-order valence-corrected chi connectivity index (χ0v) is 12.9. The molecular weight excluding hydrogens is 300 g/mol. The van der Waals surface area contributed by atoms with Gasteiger partial charge in [0.25, 0.3) is 0 Å². The van der Waals surface area contributed by atoms with Gasteiger partial charge in [0.05, 0.1) is 6.61 Å². The number of carbonyl (C=O) groups excluding carboxylic acids is 1. The van der Waals surface area contributed by atoms with Crippen LogP contribution in [-0.2, 0) is 19.6 Å². The molecule has 2 amide bonds. The first-order valence-electron chi connectivity index (χ1n) is 7.12. The van der Waals surface area contributed by atoms with Crippen LogP contribution in [-0.4, -0.2) is 17.7 Å². The lowest BCUT2D eigenvalue weighted by Crippen LogP contribution is -2.36. The molecule has 0 spiro atoms. The molecule has 0 atom stereocenters. The van der Waals surface area contributed by atoms with E-state index in [2.05, 4.69) is 10.6 Å². The number of amides is 2. The van der Waals surface area contributed by atoms with Crippen molar-refractivity contribution in [3.8, 4) is 0 Å². The Kier molecular flexibility index (Phi) is 6.25. The first-order chi connectivity index (χ1) is 10.7. The maximum Gasteiger partial charge on any atom is 0.315 e. The number of rotatable bonds is 6. The smallest absolute Gasteiger partial charge is 0.315 e. The van der Waals surface area contributed by atoms with E-state index in [1.54, 1.807) is 0 Å². The first-order valence-corrected chi connectivity index (χ1v) is 7.50. The molecule has 22 heavy (non-hydrogen) atoms. The van der Waals surface area contributed by atoms with Gasteiger partial charge in [-0.15, -0.1) is 0 Å². The van der Waals surface area contributed by atoms with Crippen LogP contribution in [0.15, 0.2) is 48.5 Å². The number of carbonyl (C=O) groups is 1. The maximum absolute atomic E-state index is 11.7. The average Bonchev–Trinajstić information content (AvgIpc) is 2.53. The Labute approximate surface area is 135 Å². The molecule has 0 radical (unpaired) electrons. The molecule has 116 valence electrons. The Morgan fingerprint density at radius 2 is 1.73 bits per heavy atom. The minimum Gasteiger partial charge on any atom is -0.392 e. The fourth-order valence-corrected chi connectivity index (χ4v) is 2.23. The van der Waals surface area contributed by atoms with Crippen LogP contribution in [0.25, 0.3) is 0 Å². The molecule has 0 fully saturated rings. The second kappa shape index (κ2) is 8.41. The van der Waals surface area contributed by atoms with Crippen LogP contribution in [0.2, 0.25) is 5.02 Å². The van der Waals surface area contributed by atoms with Gasteiger partial charge in [-0.25, -0.2) is 4.79 Å². The largest absolute Gasteiger partial charge is 0.392 e. The number of aliphatic hydroxyl groups is 1. The lowest BCUT2D eigenvalue weighted by molar-refractivity contribution is 0.240. The van der Waals surface area contributed by atoms with Crippen LogP contribution in [0.3, 0.4) is 0 Å². The van der Waals surface area contributed by atoms with E-state index in [0.717, 1.165) is 23.1 Å². The van der Waals surface area contributed by atoms with E-state index in [9.17, 15) is 4.79 Å². The third-order valence-electron chi connectivity index (χ3n) is 3.25. The first kappa shape index (κ1) is 16.3. The van der Waals surface area contributed by atoms with E-state index in [-0.39, 0.29) is 12.6 Å². The van der Waals surface area contributed by atoms with Crippen molar-refractivity contribution in [3.05, 3.63) is 70.2 Å². The molecule has 3 N–H and O–H groups in total. The quantitative estimate of drug-likeness (QED) is 0.767. The second-order valence-corrected chi connectivity index (χ2v) is 5.40. The van der Waals surface area contributed by atoms with Crippen molar-refractivity contribution in [2.75, 3.05) is 6.54 Å². The van der Waals surface area contributed by atoms with E-state index in [1.165, 1.54) is 0 Å². The highest BCUT2D eigenvalue weighted by Gasteiger charge is 2.01. The Balaban J connectivity index is 1.69. The topological polar surface area (TPSA) is 61.4 Å². The molecule has 5 heteroatoms.